The van der Waals surface area contributed by atoms with E-state index in [-0.39, 0.29) is 11.6 Å². The monoisotopic (exact) mass is 451 g/mol. The van der Waals surface area contributed by atoms with E-state index in [0.717, 1.165) is 27.3 Å². The molecule has 0 atom stereocenters. The topological polar surface area (TPSA) is 97.0 Å². The molecule has 0 spiro atoms. The Morgan fingerprint density at radius 2 is 1.91 bits per heavy atom. The number of methoxy groups -OCH3 is 1. The molecule has 8 heteroatoms. The van der Waals surface area contributed by atoms with Crippen molar-refractivity contribution >= 4 is 29.6 Å². The molecule has 0 unspecified atom stereocenters. The third-order valence-corrected chi connectivity index (χ3v) is 5.27. The summed E-state index contributed by atoms with van der Waals surface area (Å²) in [6.07, 6.45) is 1.63. The molecule has 2 aromatic carbocycles. The van der Waals surface area contributed by atoms with Gasteiger partial charge in [-0.2, -0.15) is 0 Å². The molecule has 0 aliphatic carbocycles. The number of nitrogens with zero attached hydrogens (tertiary/aromatic N) is 1. The van der Waals surface area contributed by atoms with Crippen LogP contribution in [0.5, 0.6) is 11.5 Å². The fourth-order valence-electron chi connectivity index (χ4n) is 3.55. The Balaban J connectivity index is 1.79. The normalized spacial score (nSPS) is 14.6. The highest BCUT2D eigenvalue weighted by Crippen LogP contribution is 2.31. The summed E-state index contributed by atoms with van der Waals surface area (Å²) in [4.78, 5) is 38.7. The SMILES string of the molecule is CCOc1cc(C)c(/C=C2/NC(=O)N(CC(=O)Nc3ccccc3OC)C2=O)cc1C(C)C. The molecular formula is C25H29N3O5. The third kappa shape index (κ3) is 5.34. The molecule has 0 aromatic heterocycles. The molecule has 2 N–H and O–H groups in total. The number of amides is 4. The summed E-state index contributed by atoms with van der Waals surface area (Å²) in [6.45, 7) is 8.11. The van der Waals surface area contributed by atoms with Crippen molar-refractivity contribution in [3.05, 3.63) is 58.8 Å². The molecular weight excluding hydrogens is 422 g/mol. The molecule has 1 aliphatic rings. The number of hydrogen-bond donors (Lipinski definition) is 2. The maximum atomic E-state index is 12.9. The van der Waals surface area contributed by atoms with E-state index in [9.17, 15) is 14.4 Å². The summed E-state index contributed by atoms with van der Waals surface area (Å²) in [5.74, 6) is 0.436. The van der Waals surface area contributed by atoms with E-state index in [4.69, 9.17) is 9.47 Å². The minimum Gasteiger partial charge on any atom is -0.495 e. The van der Waals surface area contributed by atoms with Crippen molar-refractivity contribution in [3.8, 4) is 11.5 Å². The highest BCUT2D eigenvalue weighted by atomic mass is 16.5. The van der Waals surface area contributed by atoms with Crippen LogP contribution in [0.15, 0.2) is 42.1 Å². The minimum atomic E-state index is -0.644. The smallest absolute Gasteiger partial charge is 0.329 e. The fraction of sp³-hybridized carbons (Fsp3) is 0.320. The van der Waals surface area contributed by atoms with Crippen LogP contribution < -0.4 is 20.1 Å². The lowest BCUT2D eigenvalue weighted by Gasteiger charge is -2.16. The van der Waals surface area contributed by atoms with Crippen LogP contribution >= 0.6 is 0 Å². The van der Waals surface area contributed by atoms with E-state index in [1.807, 2.05) is 26.0 Å². The molecule has 1 fully saturated rings. The number of aryl methyl sites for hydroxylation is 1. The first-order valence-electron chi connectivity index (χ1n) is 10.8. The van der Waals surface area contributed by atoms with Gasteiger partial charge in [0.1, 0.15) is 23.7 Å². The number of imide groups is 1. The van der Waals surface area contributed by atoms with Gasteiger partial charge < -0.3 is 20.1 Å². The zero-order chi connectivity index (χ0) is 24.1. The summed E-state index contributed by atoms with van der Waals surface area (Å²) < 4.78 is 11.0. The van der Waals surface area contributed by atoms with Crippen LogP contribution in [0.4, 0.5) is 10.5 Å². The van der Waals surface area contributed by atoms with Crippen LogP contribution in [0.3, 0.4) is 0 Å². The standard InChI is InChI=1S/C25H29N3O5/c1-6-33-22-11-16(4)17(12-18(22)15(2)3)13-20-24(30)28(25(31)27-20)14-23(29)26-19-9-7-8-10-21(19)32-5/h7-13,15H,6,14H2,1-5H3,(H,26,29)(H,27,31)/b20-13+. The van der Waals surface area contributed by atoms with Gasteiger partial charge in [-0.05, 0) is 66.8 Å². The van der Waals surface area contributed by atoms with E-state index in [2.05, 4.69) is 24.5 Å². The van der Waals surface area contributed by atoms with Crippen molar-refractivity contribution in [1.82, 2.24) is 10.2 Å². The van der Waals surface area contributed by atoms with Gasteiger partial charge in [-0.15, -0.1) is 0 Å². The lowest BCUT2D eigenvalue weighted by atomic mass is 9.96. The van der Waals surface area contributed by atoms with Gasteiger partial charge in [-0.3, -0.25) is 9.59 Å². The Morgan fingerprint density at radius 3 is 2.58 bits per heavy atom. The molecule has 1 aliphatic heterocycles. The quantitative estimate of drug-likeness (QED) is 0.466. The first kappa shape index (κ1) is 23.8. The summed E-state index contributed by atoms with van der Waals surface area (Å²) in [5, 5.41) is 5.24. The van der Waals surface area contributed by atoms with Crippen LogP contribution in [0, 0.1) is 6.92 Å². The van der Waals surface area contributed by atoms with Gasteiger partial charge in [0, 0.05) is 0 Å². The second kappa shape index (κ2) is 10.2. The molecule has 0 bridgehead atoms. The molecule has 174 valence electrons. The molecule has 4 amide bonds. The Hall–Kier alpha value is -3.81. The van der Waals surface area contributed by atoms with Crippen molar-refractivity contribution < 1.29 is 23.9 Å². The average Bonchev–Trinajstić information content (AvgIpc) is 3.03. The molecule has 2 aromatic rings. The van der Waals surface area contributed by atoms with Crippen molar-refractivity contribution in [2.45, 2.75) is 33.6 Å². The van der Waals surface area contributed by atoms with Crippen molar-refractivity contribution in [2.75, 3.05) is 25.6 Å². The largest absolute Gasteiger partial charge is 0.495 e. The molecule has 1 heterocycles. The Morgan fingerprint density at radius 1 is 1.18 bits per heavy atom. The lowest BCUT2D eigenvalue weighted by molar-refractivity contribution is -0.127. The van der Waals surface area contributed by atoms with E-state index < -0.39 is 24.4 Å². The number of benzene rings is 2. The molecule has 0 radical (unpaired) electrons. The maximum absolute atomic E-state index is 12.9. The van der Waals surface area contributed by atoms with Gasteiger partial charge >= 0.3 is 6.03 Å². The van der Waals surface area contributed by atoms with Crippen LogP contribution in [0.25, 0.3) is 6.08 Å². The molecule has 1 saturated heterocycles. The summed E-state index contributed by atoms with van der Waals surface area (Å²) in [7, 11) is 1.49. The number of para-hydroxylation sites is 2. The first-order valence-corrected chi connectivity index (χ1v) is 10.8. The van der Waals surface area contributed by atoms with E-state index in [1.54, 1.807) is 30.3 Å². The van der Waals surface area contributed by atoms with Crippen molar-refractivity contribution in [2.24, 2.45) is 0 Å². The second-order valence-corrected chi connectivity index (χ2v) is 7.96. The Bertz CT molecular complexity index is 1110. The minimum absolute atomic E-state index is 0.118. The predicted molar refractivity (Wildman–Crippen MR) is 126 cm³/mol. The highest BCUT2D eigenvalue weighted by Gasteiger charge is 2.35. The van der Waals surface area contributed by atoms with Crippen LogP contribution in [-0.4, -0.2) is 43.0 Å². The van der Waals surface area contributed by atoms with Gasteiger partial charge in [0.15, 0.2) is 0 Å². The Kier molecular flexibility index (Phi) is 7.37. The van der Waals surface area contributed by atoms with Gasteiger partial charge in [0.05, 0.1) is 19.4 Å². The zero-order valence-electron chi connectivity index (χ0n) is 19.5. The maximum Gasteiger partial charge on any atom is 0.329 e. The van der Waals surface area contributed by atoms with Gasteiger partial charge in [0.25, 0.3) is 5.91 Å². The summed E-state index contributed by atoms with van der Waals surface area (Å²) in [5.41, 5.74) is 3.29. The fourth-order valence-corrected chi connectivity index (χ4v) is 3.55. The number of rotatable bonds is 8. The average molecular weight is 452 g/mol. The molecule has 3 rings (SSSR count). The molecule has 0 saturated carbocycles. The number of carbonyl (C=O) groups is 3. The van der Waals surface area contributed by atoms with Crippen molar-refractivity contribution in [1.29, 1.82) is 0 Å². The van der Waals surface area contributed by atoms with Gasteiger partial charge in [0.2, 0.25) is 5.91 Å². The number of hydrogen-bond acceptors (Lipinski definition) is 5. The van der Waals surface area contributed by atoms with Crippen molar-refractivity contribution in [3.63, 3.8) is 0 Å². The van der Waals surface area contributed by atoms with Gasteiger partial charge in [-0.25, -0.2) is 9.69 Å². The third-order valence-electron chi connectivity index (χ3n) is 5.27. The van der Waals surface area contributed by atoms with E-state index in [0.29, 0.717) is 18.0 Å². The van der Waals surface area contributed by atoms with Gasteiger partial charge in [-0.1, -0.05) is 26.0 Å². The Labute approximate surface area is 193 Å². The summed E-state index contributed by atoms with van der Waals surface area (Å²) in [6, 6.07) is 10.2. The predicted octanol–water partition coefficient (Wildman–Crippen LogP) is 4.06. The zero-order valence-corrected chi connectivity index (χ0v) is 19.5. The van der Waals surface area contributed by atoms with Crippen LogP contribution in [0.1, 0.15) is 43.4 Å². The summed E-state index contributed by atoms with van der Waals surface area (Å²) >= 11 is 0. The van der Waals surface area contributed by atoms with E-state index >= 15 is 0 Å². The molecule has 33 heavy (non-hydrogen) atoms. The lowest BCUT2D eigenvalue weighted by Crippen LogP contribution is -2.38. The first-order chi connectivity index (χ1) is 15.7. The molecule has 8 nitrogen and oxygen atoms in total. The highest BCUT2D eigenvalue weighted by molar-refractivity contribution is 6.16. The van der Waals surface area contributed by atoms with Crippen LogP contribution in [0.2, 0.25) is 0 Å². The van der Waals surface area contributed by atoms with Crippen LogP contribution in [-0.2, 0) is 9.59 Å². The number of nitrogens with one attached hydrogen (secondary N) is 2. The number of carbonyl (C=O) groups excluding carboxylic acids is 3. The number of urea groups is 1. The van der Waals surface area contributed by atoms with E-state index in [1.165, 1.54) is 7.11 Å². The second-order valence-electron chi connectivity index (χ2n) is 7.96. The number of ether oxygens (including phenoxy) is 2. The number of anilines is 1.